The second-order valence-corrected chi connectivity index (χ2v) is 7.87. The number of benzene rings is 1. The molecule has 2 heterocycles. The molecule has 3 rings (SSSR count). The maximum atomic E-state index is 13.5. The summed E-state index contributed by atoms with van der Waals surface area (Å²) in [5.41, 5.74) is 1.75. The van der Waals surface area contributed by atoms with Crippen LogP contribution in [0.5, 0.6) is 0 Å². The Hall–Kier alpha value is -1.67. The third-order valence-corrected chi connectivity index (χ3v) is 6.68. The van der Waals surface area contributed by atoms with Crippen LogP contribution in [0.15, 0.2) is 24.3 Å². The summed E-state index contributed by atoms with van der Waals surface area (Å²) in [6.45, 7) is 0. The van der Waals surface area contributed by atoms with Gasteiger partial charge in [0.05, 0.1) is 22.1 Å². The zero-order valence-corrected chi connectivity index (χ0v) is 11.7. The Morgan fingerprint density at radius 2 is 2.05 bits per heavy atom. The number of hydrogen-bond acceptors (Lipinski definition) is 3. The fourth-order valence-electron chi connectivity index (χ4n) is 3.11. The molecule has 2 aliphatic rings. The number of nitrogens with zero attached hydrogens (tertiary/aromatic N) is 1. The summed E-state index contributed by atoms with van der Waals surface area (Å²) in [4.78, 5) is 0. The number of sulfone groups is 1. The lowest BCUT2D eigenvalue weighted by Gasteiger charge is -2.33. The molecule has 2 atom stereocenters. The van der Waals surface area contributed by atoms with Crippen molar-refractivity contribution in [3.05, 3.63) is 41.2 Å². The van der Waals surface area contributed by atoms with Gasteiger partial charge in [0, 0.05) is 0 Å². The van der Waals surface area contributed by atoms with Crippen molar-refractivity contribution in [3.63, 3.8) is 0 Å². The standard InChI is InChI=1S/C15H14FNO2S/c16-13-5-10(9-17)4-11(6-13)12-7-14-2-1-3-15(8-12)20(14,18)19/h4-7,14-15H,1-3,8H2. The van der Waals surface area contributed by atoms with Gasteiger partial charge in [-0.25, -0.2) is 12.8 Å². The Morgan fingerprint density at radius 3 is 2.75 bits per heavy atom. The van der Waals surface area contributed by atoms with Gasteiger partial charge in [-0.1, -0.05) is 12.5 Å². The number of rotatable bonds is 1. The Labute approximate surface area is 117 Å². The van der Waals surface area contributed by atoms with Crippen LogP contribution in [0.1, 0.15) is 36.8 Å². The quantitative estimate of drug-likeness (QED) is 0.799. The molecule has 0 radical (unpaired) electrons. The lowest BCUT2D eigenvalue weighted by Crippen LogP contribution is -2.38. The van der Waals surface area contributed by atoms with E-state index in [1.165, 1.54) is 12.1 Å². The summed E-state index contributed by atoms with van der Waals surface area (Å²) in [6.07, 6.45) is 4.42. The molecule has 3 nitrogen and oxygen atoms in total. The molecule has 0 aliphatic carbocycles. The van der Waals surface area contributed by atoms with Crippen molar-refractivity contribution in [1.82, 2.24) is 0 Å². The monoisotopic (exact) mass is 291 g/mol. The highest BCUT2D eigenvalue weighted by Gasteiger charge is 2.40. The first-order valence-electron chi connectivity index (χ1n) is 6.65. The number of halogens is 1. The molecule has 2 unspecified atom stereocenters. The summed E-state index contributed by atoms with van der Waals surface area (Å²) in [5, 5.41) is 8.10. The topological polar surface area (TPSA) is 57.9 Å². The fraction of sp³-hybridized carbons (Fsp3) is 0.400. The van der Waals surface area contributed by atoms with Crippen molar-refractivity contribution in [1.29, 1.82) is 5.26 Å². The van der Waals surface area contributed by atoms with Gasteiger partial charge in [0.15, 0.2) is 9.84 Å². The molecule has 20 heavy (non-hydrogen) atoms. The highest BCUT2D eigenvalue weighted by Crippen LogP contribution is 2.39. The van der Waals surface area contributed by atoms with E-state index >= 15 is 0 Å². The van der Waals surface area contributed by atoms with E-state index in [0.29, 0.717) is 24.8 Å². The van der Waals surface area contributed by atoms with E-state index < -0.39 is 20.9 Å². The minimum atomic E-state index is -3.07. The van der Waals surface area contributed by atoms with Crippen molar-refractivity contribution in [2.75, 3.05) is 0 Å². The van der Waals surface area contributed by atoms with E-state index in [2.05, 4.69) is 0 Å². The smallest absolute Gasteiger partial charge is 0.159 e. The maximum absolute atomic E-state index is 13.5. The Kier molecular flexibility index (Phi) is 3.14. The highest BCUT2D eigenvalue weighted by molar-refractivity contribution is 7.93. The van der Waals surface area contributed by atoms with Crippen LogP contribution in [0.4, 0.5) is 4.39 Å². The molecule has 0 aromatic heterocycles. The first-order chi connectivity index (χ1) is 9.50. The van der Waals surface area contributed by atoms with Crippen molar-refractivity contribution in [2.24, 2.45) is 0 Å². The minimum absolute atomic E-state index is 0.263. The van der Waals surface area contributed by atoms with Crippen LogP contribution in [-0.4, -0.2) is 18.9 Å². The average molecular weight is 291 g/mol. The Balaban J connectivity index is 2.06. The summed E-state index contributed by atoms with van der Waals surface area (Å²) >= 11 is 0. The zero-order chi connectivity index (χ0) is 14.3. The molecule has 1 aromatic rings. The molecule has 0 spiro atoms. The van der Waals surface area contributed by atoms with Gasteiger partial charge >= 0.3 is 0 Å². The first kappa shape index (κ1) is 13.3. The normalized spacial score (nSPS) is 27.5. The van der Waals surface area contributed by atoms with Gasteiger partial charge in [0.2, 0.25) is 0 Å². The third kappa shape index (κ3) is 2.14. The summed E-state index contributed by atoms with van der Waals surface area (Å²) in [6, 6.07) is 6.12. The molecule has 2 aliphatic heterocycles. The van der Waals surface area contributed by atoms with Gasteiger partial charge in [0.1, 0.15) is 5.82 Å². The third-order valence-electron chi connectivity index (χ3n) is 4.13. The van der Waals surface area contributed by atoms with Crippen LogP contribution in [-0.2, 0) is 9.84 Å². The van der Waals surface area contributed by atoms with E-state index in [1.807, 2.05) is 6.07 Å². The molecule has 1 fully saturated rings. The summed E-state index contributed by atoms with van der Waals surface area (Å²) < 4.78 is 37.9. The molecule has 1 aromatic carbocycles. The summed E-state index contributed by atoms with van der Waals surface area (Å²) in [7, 11) is -3.07. The zero-order valence-electron chi connectivity index (χ0n) is 10.8. The van der Waals surface area contributed by atoms with Crippen LogP contribution >= 0.6 is 0 Å². The average Bonchev–Trinajstić information content (AvgIpc) is 2.36. The molecule has 0 amide bonds. The van der Waals surface area contributed by atoms with Gasteiger partial charge in [-0.2, -0.15) is 5.26 Å². The second kappa shape index (κ2) is 4.71. The largest absolute Gasteiger partial charge is 0.228 e. The lowest BCUT2D eigenvalue weighted by molar-refractivity contribution is 0.518. The molecule has 2 bridgehead atoms. The first-order valence-corrected chi connectivity index (χ1v) is 8.26. The highest BCUT2D eigenvalue weighted by atomic mass is 32.2. The van der Waals surface area contributed by atoms with E-state index in [0.717, 1.165) is 12.0 Å². The van der Waals surface area contributed by atoms with Crippen molar-refractivity contribution < 1.29 is 12.8 Å². The molecule has 5 heteroatoms. The van der Waals surface area contributed by atoms with Crippen molar-refractivity contribution in [2.45, 2.75) is 36.2 Å². The second-order valence-electron chi connectivity index (χ2n) is 5.42. The summed E-state index contributed by atoms with van der Waals surface area (Å²) in [5.74, 6) is -0.460. The molecule has 0 saturated carbocycles. The molecule has 104 valence electrons. The molecular weight excluding hydrogens is 277 g/mol. The van der Waals surface area contributed by atoms with Crippen LogP contribution < -0.4 is 0 Å². The fourth-order valence-corrected chi connectivity index (χ4v) is 5.36. The van der Waals surface area contributed by atoms with Gasteiger partial charge in [-0.05, 0) is 48.6 Å². The van der Waals surface area contributed by atoms with E-state index in [1.54, 1.807) is 12.1 Å². The van der Waals surface area contributed by atoms with E-state index in [9.17, 15) is 12.8 Å². The van der Waals surface area contributed by atoms with Crippen LogP contribution in [0.3, 0.4) is 0 Å². The van der Waals surface area contributed by atoms with Crippen molar-refractivity contribution >= 4 is 15.4 Å². The number of nitriles is 1. The Morgan fingerprint density at radius 1 is 1.25 bits per heavy atom. The minimum Gasteiger partial charge on any atom is -0.228 e. The lowest BCUT2D eigenvalue weighted by atomic mass is 9.92. The van der Waals surface area contributed by atoms with E-state index in [-0.39, 0.29) is 10.8 Å². The van der Waals surface area contributed by atoms with Gasteiger partial charge < -0.3 is 0 Å². The van der Waals surface area contributed by atoms with E-state index in [4.69, 9.17) is 5.26 Å². The molecule has 1 saturated heterocycles. The van der Waals surface area contributed by atoms with Gasteiger partial charge in [-0.15, -0.1) is 0 Å². The molecule has 0 N–H and O–H groups in total. The SMILES string of the molecule is N#Cc1cc(F)cc(C2=CC3CCCC(C2)S3(=O)=O)c1. The van der Waals surface area contributed by atoms with Gasteiger partial charge in [-0.3, -0.25) is 0 Å². The van der Waals surface area contributed by atoms with Crippen LogP contribution in [0, 0.1) is 17.1 Å². The van der Waals surface area contributed by atoms with Crippen LogP contribution in [0.25, 0.3) is 5.57 Å². The predicted octanol–water partition coefficient (Wildman–Crippen LogP) is 2.82. The van der Waals surface area contributed by atoms with Crippen LogP contribution in [0.2, 0.25) is 0 Å². The number of allylic oxidation sites excluding steroid dienone is 1. The number of hydrogen-bond donors (Lipinski definition) is 0. The van der Waals surface area contributed by atoms with Crippen molar-refractivity contribution in [3.8, 4) is 6.07 Å². The maximum Gasteiger partial charge on any atom is 0.159 e. The molecular formula is C15H14FNO2S. The number of fused-ring (bicyclic) bond motifs is 2. The Bertz CT molecular complexity index is 731. The van der Waals surface area contributed by atoms with Gasteiger partial charge in [0.25, 0.3) is 0 Å². The predicted molar refractivity (Wildman–Crippen MR) is 74.1 cm³/mol.